The predicted octanol–water partition coefficient (Wildman–Crippen LogP) is 27.3. The van der Waals surface area contributed by atoms with Crippen LogP contribution in [0.15, 0.2) is 24.3 Å². The van der Waals surface area contributed by atoms with E-state index in [0.29, 0.717) is 17.4 Å². The molecule has 558 valence electrons. The molecule has 0 aliphatic rings. The van der Waals surface area contributed by atoms with E-state index in [1.54, 1.807) is 0 Å². The maximum atomic E-state index is 12.9. The number of esters is 2. The lowest BCUT2D eigenvalue weighted by atomic mass is 10.0. The molecule has 0 heterocycles. The fourth-order valence-electron chi connectivity index (χ4n) is 13.0. The van der Waals surface area contributed by atoms with Gasteiger partial charge in [-0.15, -0.1) is 0 Å². The summed E-state index contributed by atoms with van der Waals surface area (Å²) in [7, 11) is 1.20. The highest BCUT2D eigenvalue weighted by molar-refractivity contribution is 7.45. The topological polar surface area (TPSA) is 111 Å². The van der Waals surface area contributed by atoms with Crippen molar-refractivity contribution in [2.75, 3.05) is 47.5 Å². The van der Waals surface area contributed by atoms with E-state index in [1.165, 1.54) is 385 Å². The second-order valence-corrected chi connectivity index (χ2v) is 31.6. The van der Waals surface area contributed by atoms with Crippen molar-refractivity contribution in [1.29, 1.82) is 0 Å². The van der Waals surface area contributed by atoms with E-state index < -0.39 is 26.5 Å². The zero-order valence-electron chi connectivity index (χ0n) is 64.0. The molecular formula is C84H164NO8P. The predicted molar refractivity (Wildman–Crippen MR) is 407 cm³/mol. The van der Waals surface area contributed by atoms with Crippen LogP contribution in [0.4, 0.5) is 0 Å². The molecular weight excluding hydrogens is 1180 g/mol. The molecule has 0 rings (SSSR count). The van der Waals surface area contributed by atoms with E-state index in [1.807, 2.05) is 21.1 Å². The van der Waals surface area contributed by atoms with Crippen LogP contribution in [0.5, 0.6) is 0 Å². The van der Waals surface area contributed by atoms with Crippen molar-refractivity contribution in [3.8, 4) is 0 Å². The fourth-order valence-corrected chi connectivity index (χ4v) is 13.7. The summed E-state index contributed by atoms with van der Waals surface area (Å²) in [6.07, 6.45) is 97.6. The van der Waals surface area contributed by atoms with Crippen LogP contribution in [0, 0.1) is 0 Å². The van der Waals surface area contributed by atoms with E-state index in [9.17, 15) is 19.0 Å². The van der Waals surface area contributed by atoms with Crippen molar-refractivity contribution in [2.45, 2.75) is 457 Å². The molecule has 10 heteroatoms. The minimum Gasteiger partial charge on any atom is -0.756 e. The molecule has 0 spiro atoms. The standard InChI is InChI=1S/C84H164NO8P/c1-6-8-10-12-14-16-18-20-22-24-26-28-30-32-34-36-38-39-40-41-42-43-44-45-47-49-51-53-55-57-59-61-63-65-67-69-71-73-75-77-84(87)93-82(81-92-94(88,89)91-79-78-85(3,4)5)80-90-83(86)76-74-72-70-68-66-64-62-60-58-56-54-52-50-48-46-37-35-33-31-29-27-25-23-21-19-17-15-13-11-9-7-2/h24-27,82H,6-23,28-81H2,1-5H3/b26-24-,27-25-. The van der Waals surface area contributed by atoms with Gasteiger partial charge >= 0.3 is 11.9 Å². The minimum atomic E-state index is -4.64. The Morgan fingerprint density at radius 3 is 0.787 bits per heavy atom. The van der Waals surface area contributed by atoms with Crippen molar-refractivity contribution < 1.29 is 42.1 Å². The van der Waals surface area contributed by atoms with Gasteiger partial charge in [0.1, 0.15) is 19.8 Å². The van der Waals surface area contributed by atoms with Gasteiger partial charge in [0.2, 0.25) is 0 Å². The van der Waals surface area contributed by atoms with Gasteiger partial charge in [-0.25, -0.2) is 0 Å². The normalized spacial score (nSPS) is 13.0. The number of allylic oxidation sites excluding steroid dienone is 4. The molecule has 0 radical (unpaired) electrons. The summed E-state index contributed by atoms with van der Waals surface area (Å²) in [5.41, 5.74) is 0. The average Bonchev–Trinajstić information content (AvgIpc) is 1.56. The van der Waals surface area contributed by atoms with E-state index in [2.05, 4.69) is 38.2 Å². The monoisotopic (exact) mass is 1350 g/mol. The van der Waals surface area contributed by atoms with Gasteiger partial charge < -0.3 is 27.9 Å². The summed E-state index contributed by atoms with van der Waals surface area (Å²) in [6, 6.07) is 0. The van der Waals surface area contributed by atoms with Crippen LogP contribution in [0.2, 0.25) is 0 Å². The maximum Gasteiger partial charge on any atom is 0.306 e. The number of phosphoric ester groups is 1. The van der Waals surface area contributed by atoms with Gasteiger partial charge in [0.05, 0.1) is 27.7 Å². The number of carbonyl (C=O) groups excluding carboxylic acids is 2. The van der Waals surface area contributed by atoms with Gasteiger partial charge in [0, 0.05) is 12.8 Å². The van der Waals surface area contributed by atoms with Gasteiger partial charge in [-0.2, -0.15) is 0 Å². The zero-order chi connectivity index (χ0) is 68.3. The van der Waals surface area contributed by atoms with Crippen LogP contribution in [0.25, 0.3) is 0 Å². The number of phosphoric acid groups is 1. The first-order valence-electron chi connectivity index (χ1n) is 42.0. The summed E-state index contributed by atoms with van der Waals surface area (Å²) >= 11 is 0. The number of hydrogen-bond acceptors (Lipinski definition) is 8. The first kappa shape index (κ1) is 92.5. The van der Waals surface area contributed by atoms with Crippen molar-refractivity contribution in [3.05, 3.63) is 24.3 Å². The summed E-state index contributed by atoms with van der Waals surface area (Å²) in [6.45, 7) is 4.33. The van der Waals surface area contributed by atoms with E-state index in [-0.39, 0.29) is 32.0 Å². The second-order valence-electron chi connectivity index (χ2n) is 30.2. The van der Waals surface area contributed by atoms with Crippen LogP contribution < -0.4 is 4.89 Å². The van der Waals surface area contributed by atoms with Crippen LogP contribution >= 0.6 is 7.82 Å². The molecule has 0 saturated carbocycles. The van der Waals surface area contributed by atoms with Crippen molar-refractivity contribution in [3.63, 3.8) is 0 Å². The lowest BCUT2D eigenvalue weighted by Gasteiger charge is -2.28. The summed E-state index contributed by atoms with van der Waals surface area (Å²) in [4.78, 5) is 38.2. The Hall–Kier alpha value is -1.51. The molecule has 0 aromatic rings. The quantitative estimate of drug-likeness (QED) is 0.0195. The first-order chi connectivity index (χ1) is 46.0. The molecule has 0 aliphatic carbocycles. The van der Waals surface area contributed by atoms with Crippen LogP contribution in [0.3, 0.4) is 0 Å². The molecule has 94 heavy (non-hydrogen) atoms. The van der Waals surface area contributed by atoms with Gasteiger partial charge in [0.15, 0.2) is 6.10 Å². The SMILES string of the molecule is CCCCCCCCCC/C=C\CCCCCCCCCCCCCCCCCCCCCCCCCCCCCC(=O)OC(COC(=O)CCCCCCCCCCCCCCCCCCCCC/C=C\CCCCCCCCCC)COP(=O)([O-])OCC[N+](C)(C)C. The smallest absolute Gasteiger partial charge is 0.306 e. The Bertz CT molecular complexity index is 1630. The van der Waals surface area contributed by atoms with E-state index in [0.717, 1.165) is 32.1 Å². The third-order valence-electron chi connectivity index (χ3n) is 19.4. The number of hydrogen-bond donors (Lipinski definition) is 0. The lowest BCUT2D eigenvalue weighted by Crippen LogP contribution is -2.37. The molecule has 9 nitrogen and oxygen atoms in total. The molecule has 0 aromatic carbocycles. The third-order valence-corrected chi connectivity index (χ3v) is 20.4. The Kier molecular flexibility index (Phi) is 74.5. The molecule has 0 amide bonds. The largest absolute Gasteiger partial charge is 0.756 e. The highest BCUT2D eigenvalue weighted by atomic mass is 31.2. The summed E-state index contributed by atoms with van der Waals surface area (Å²) < 4.78 is 34.5. The Labute approximate surface area is 587 Å². The number of nitrogens with zero attached hydrogens (tertiary/aromatic N) is 1. The number of rotatable bonds is 80. The van der Waals surface area contributed by atoms with Gasteiger partial charge in [-0.05, 0) is 64.2 Å². The van der Waals surface area contributed by atoms with Gasteiger partial charge in [-0.1, -0.05) is 398 Å². The van der Waals surface area contributed by atoms with Gasteiger partial charge in [0.25, 0.3) is 7.82 Å². The first-order valence-corrected chi connectivity index (χ1v) is 43.5. The molecule has 2 atom stereocenters. The lowest BCUT2D eigenvalue weighted by molar-refractivity contribution is -0.870. The maximum absolute atomic E-state index is 12.9. The molecule has 0 bridgehead atoms. The third kappa shape index (κ3) is 79.5. The van der Waals surface area contributed by atoms with E-state index in [4.69, 9.17) is 18.5 Å². The van der Waals surface area contributed by atoms with Crippen LogP contribution in [-0.4, -0.2) is 70.0 Å². The van der Waals surface area contributed by atoms with Crippen molar-refractivity contribution in [2.24, 2.45) is 0 Å². The molecule has 0 aromatic heterocycles. The van der Waals surface area contributed by atoms with Gasteiger partial charge in [-0.3, -0.25) is 14.2 Å². The number of ether oxygens (including phenoxy) is 2. The number of carbonyl (C=O) groups is 2. The minimum absolute atomic E-state index is 0.0263. The zero-order valence-corrected chi connectivity index (χ0v) is 64.9. The molecule has 0 saturated heterocycles. The Balaban J connectivity index is 3.86. The van der Waals surface area contributed by atoms with Crippen LogP contribution in [-0.2, 0) is 32.7 Å². The molecule has 2 unspecified atom stereocenters. The molecule has 0 fully saturated rings. The highest BCUT2D eigenvalue weighted by Crippen LogP contribution is 2.38. The molecule has 0 N–H and O–H groups in total. The number of likely N-dealkylation sites (N-methyl/N-ethyl adjacent to an activating group) is 1. The van der Waals surface area contributed by atoms with Crippen molar-refractivity contribution in [1.82, 2.24) is 0 Å². The number of unbranched alkanes of at least 4 members (excludes halogenated alkanes) is 62. The molecule has 0 aliphatic heterocycles. The summed E-state index contributed by atoms with van der Waals surface area (Å²) in [5.74, 6) is -0.804. The highest BCUT2D eigenvalue weighted by Gasteiger charge is 2.22. The number of quaternary nitrogens is 1. The Morgan fingerprint density at radius 2 is 0.543 bits per heavy atom. The van der Waals surface area contributed by atoms with E-state index >= 15 is 0 Å². The summed E-state index contributed by atoms with van der Waals surface area (Å²) in [5, 5.41) is 0. The second kappa shape index (κ2) is 75.7. The van der Waals surface area contributed by atoms with Crippen molar-refractivity contribution >= 4 is 19.8 Å². The average molecular weight is 1350 g/mol. The Morgan fingerprint density at radius 1 is 0.319 bits per heavy atom. The fraction of sp³-hybridized carbons (Fsp3) is 0.929. The van der Waals surface area contributed by atoms with Crippen LogP contribution in [0.1, 0.15) is 450 Å².